The molecule has 1 aromatic rings. The van der Waals surface area contributed by atoms with Crippen LogP contribution >= 0.6 is 11.6 Å². The molecule has 5 nitrogen and oxygen atoms in total. The molecule has 2 unspecified atom stereocenters. The highest BCUT2D eigenvalue weighted by Crippen LogP contribution is 2.36. The number of primary amides is 1. The minimum atomic E-state index is -0.836. The molecule has 0 aromatic carbocycles. The summed E-state index contributed by atoms with van der Waals surface area (Å²) in [4.78, 5) is 11.4. The Kier molecular flexibility index (Phi) is 3.40. The zero-order valence-electron chi connectivity index (χ0n) is 9.60. The van der Waals surface area contributed by atoms with E-state index in [2.05, 4.69) is 5.10 Å². The highest BCUT2D eigenvalue weighted by molar-refractivity contribution is 6.30. The van der Waals surface area contributed by atoms with Crippen molar-refractivity contribution in [1.82, 2.24) is 9.78 Å². The number of amides is 1. The second-order valence-corrected chi connectivity index (χ2v) is 5.14. The molecule has 0 aliphatic heterocycles. The number of carbonyl (C=O) groups is 1. The molecule has 1 fully saturated rings. The third kappa shape index (κ3) is 2.45. The summed E-state index contributed by atoms with van der Waals surface area (Å²) in [6.07, 6.45) is 6.77. The minimum Gasteiger partial charge on any atom is -0.368 e. The molecule has 1 aromatic heterocycles. The lowest BCUT2D eigenvalue weighted by atomic mass is 9.85. The third-order valence-corrected chi connectivity index (χ3v) is 3.83. The van der Waals surface area contributed by atoms with E-state index < -0.39 is 11.4 Å². The van der Waals surface area contributed by atoms with E-state index in [1.165, 1.54) is 0 Å². The fourth-order valence-corrected chi connectivity index (χ4v) is 2.73. The molecular weight excluding hydrogens is 240 g/mol. The molecule has 0 bridgehead atoms. The number of nitrogens with zero attached hydrogens (tertiary/aromatic N) is 2. The summed E-state index contributed by atoms with van der Waals surface area (Å²) in [5.74, 6) is -0.249. The first-order valence-corrected chi connectivity index (χ1v) is 6.17. The van der Waals surface area contributed by atoms with Gasteiger partial charge in [-0.15, -0.1) is 0 Å². The zero-order chi connectivity index (χ0) is 12.5. The van der Waals surface area contributed by atoms with Gasteiger partial charge in [-0.2, -0.15) is 5.10 Å². The molecule has 0 saturated heterocycles. The number of aryl methyl sites for hydroxylation is 1. The highest BCUT2D eigenvalue weighted by Gasteiger charge is 2.43. The number of aromatic nitrogens is 2. The van der Waals surface area contributed by atoms with Gasteiger partial charge in [0.15, 0.2) is 0 Å². The predicted molar refractivity (Wildman–Crippen MR) is 65.3 cm³/mol. The lowest BCUT2D eigenvalue weighted by Gasteiger charge is -2.27. The molecule has 1 heterocycles. The third-order valence-electron chi connectivity index (χ3n) is 3.64. The Morgan fingerprint density at radius 1 is 1.71 bits per heavy atom. The van der Waals surface area contributed by atoms with Gasteiger partial charge in [-0.3, -0.25) is 9.48 Å². The van der Waals surface area contributed by atoms with E-state index in [1.807, 2.05) is 0 Å². The standard InChI is InChI=1S/C11H17ClN4O/c12-9-6-15-16(7-9)5-3-8-2-1-4-11(8,14)10(13)17/h6-8H,1-5,14H2,(H2,13,17). The van der Waals surface area contributed by atoms with E-state index in [4.69, 9.17) is 23.1 Å². The van der Waals surface area contributed by atoms with Gasteiger partial charge in [-0.1, -0.05) is 18.0 Å². The van der Waals surface area contributed by atoms with Gasteiger partial charge in [-0.05, 0) is 25.2 Å². The highest BCUT2D eigenvalue weighted by atomic mass is 35.5. The monoisotopic (exact) mass is 256 g/mol. The van der Waals surface area contributed by atoms with Crippen LogP contribution in [0.3, 0.4) is 0 Å². The van der Waals surface area contributed by atoms with Gasteiger partial charge in [0.2, 0.25) is 5.91 Å². The molecule has 1 amide bonds. The van der Waals surface area contributed by atoms with E-state index in [9.17, 15) is 4.79 Å². The predicted octanol–water partition coefficient (Wildman–Crippen LogP) is 0.909. The Labute approximate surface area is 105 Å². The number of halogens is 1. The second kappa shape index (κ2) is 4.66. The van der Waals surface area contributed by atoms with E-state index in [0.29, 0.717) is 18.0 Å². The van der Waals surface area contributed by atoms with Gasteiger partial charge in [0.25, 0.3) is 0 Å². The summed E-state index contributed by atoms with van der Waals surface area (Å²) in [5.41, 5.74) is 10.6. The van der Waals surface area contributed by atoms with Crippen LogP contribution in [0.15, 0.2) is 12.4 Å². The van der Waals surface area contributed by atoms with Gasteiger partial charge < -0.3 is 11.5 Å². The molecule has 4 N–H and O–H groups in total. The van der Waals surface area contributed by atoms with Gasteiger partial charge >= 0.3 is 0 Å². The van der Waals surface area contributed by atoms with Gasteiger partial charge in [0, 0.05) is 12.7 Å². The Balaban J connectivity index is 1.97. The molecule has 0 radical (unpaired) electrons. The lowest BCUT2D eigenvalue weighted by Crippen LogP contribution is -2.54. The van der Waals surface area contributed by atoms with Crippen LogP contribution in [0.1, 0.15) is 25.7 Å². The van der Waals surface area contributed by atoms with Crippen molar-refractivity contribution in [1.29, 1.82) is 0 Å². The van der Waals surface area contributed by atoms with Crippen molar-refractivity contribution in [2.45, 2.75) is 37.8 Å². The normalized spacial score (nSPS) is 28.5. The van der Waals surface area contributed by atoms with Crippen LogP contribution in [0.2, 0.25) is 5.02 Å². The number of nitrogens with two attached hydrogens (primary N) is 2. The summed E-state index contributed by atoms with van der Waals surface area (Å²) < 4.78 is 1.77. The molecule has 0 spiro atoms. The van der Waals surface area contributed by atoms with Crippen LogP contribution in [0.4, 0.5) is 0 Å². The van der Waals surface area contributed by atoms with Gasteiger partial charge in [-0.25, -0.2) is 0 Å². The Bertz CT molecular complexity index is 419. The van der Waals surface area contributed by atoms with Gasteiger partial charge in [0.05, 0.1) is 16.8 Å². The quantitative estimate of drug-likeness (QED) is 0.839. The summed E-state index contributed by atoms with van der Waals surface area (Å²) in [6.45, 7) is 0.712. The van der Waals surface area contributed by atoms with Crippen LogP contribution in [-0.4, -0.2) is 21.2 Å². The first-order chi connectivity index (χ1) is 8.02. The van der Waals surface area contributed by atoms with Crippen molar-refractivity contribution in [2.24, 2.45) is 17.4 Å². The van der Waals surface area contributed by atoms with Crippen LogP contribution < -0.4 is 11.5 Å². The molecule has 1 aliphatic rings. The molecule has 2 atom stereocenters. The Hall–Kier alpha value is -1.07. The van der Waals surface area contributed by atoms with E-state index in [1.54, 1.807) is 17.1 Å². The maximum Gasteiger partial charge on any atom is 0.237 e. The fourth-order valence-electron chi connectivity index (χ4n) is 2.58. The van der Waals surface area contributed by atoms with Crippen LogP contribution in [0.5, 0.6) is 0 Å². The zero-order valence-corrected chi connectivity index (χ0v) is 10.4. The van der Waals surface area contributed by atoms with Crippen LogP contribution in [0.25, 0.3) is 0 Å². The van der Waals surface area contributed by atoms with Crippen molar-refractivity contribution in [2.75, 3.05) is 0 Å². The number of hydrogen-bond donors (Lipinski definition) is 2. The van der Waals surface area contributed by atoms with Crippen molar-refractivity contribution in [3.8, 4) is 0 Å². The average Bonchev–Trinajstić information content (AvgIpc) is 2.83. The van der Waals surface area contributed by atoms with E-state index in [-0.39, 0.29) is 5.92 Å². The van der Waals surface area contributed by atoms with Crippen LogP contribution in [-0.2, 0) is 11.3 Å². The van der Waals surface area contributed by atoms with Gasteiger partial charge in [0.1, 0.15) is 0 Å². The molecular formula is C11H17ClN4O. The summed E-state index contributed by atoms with van der Waals surface area (Å²) in [5, 5.41) is 4.71. The van der Waals surface area contributed by atoms with Crippen molar-refractivity contribution in [3.05, 3.63) is 17.4 Å². The molecule has 1 saturated carbocycles. The second-order valence-electron chi connectivity index (χ2n) is 4.70. The molecule has 17 heavy (non-hydrogen) atoms. The Morgan fingerprint density at radius 3 is 3.06 bits per heavy atom. The molecule has 94 valence electrons. The van der Waals surface area contributed by atoms with Crippen molar-refractivity contribution in [3.63, 3.8) is 0 Å². The fraction of sp³-hybridized carbons (Fsp3) is 0.636. The summed E-state index contributed by atoms with van der Waals surface area (Å²) in [7, 11) is 0. The molecule has 1 aliphatic carbocycles. The van der Waals surface area contributed by atoms with E-state index >= 15 is 0 Å². The average molecular weight is 257 g/mol. The maximum atomic E-state index is 11.4. The summed E-state index contributed by atoms with van der Waals surface area (Å²) >= 11 is 5.78. The Morgan fingerprint density at radius 2 is 2.47 bits per heavy atom. The molecule has 6 heteroatoms. The van der Waals surface area contributed by atoms with Crippen molar-refractivity contribution < 1.29 is 4.79 Å². The van der Waals surface area contributed by atoms with Crippen molar-refractivity contribution >= 4 is 17.5 Å². The lowest BCUT2D eigenvalue weighted by molar-refractivity contribution is -0.124. The summed E-state index contributed by atoms with van der Waals surface area (Å²) in [6, 6.07) is 0. The molecule has 2 rings (SSSR count). The SMILES string of the molecule is NC(=O)C1(N)CCCC1CCn1cc(Cl)cn1. The van der Waals surface area contributed by atoms with E-state index in [0.717, 1.165) is 19.3 Å². The maximum absolute atomic E-state index is 11.4. The topological polar surface area (TPSA) is 86.9 Å². The minimum absolute atomic E-state index is 0.142. The number of rotatable bonds is 4. The first kappa shape index (κ1) is 12.4. The van der Waals surface area contributed by atoms with Crippen LogP contribution in [0, 0.1) is 5.92 Å². The largest absolute Gasteiger partial charge is 0.368 e. The smallest absolute Gasteiger partial charge is 0.237 e. The number of carbonyl (C=O) groups excluding carboxylic acids is 1. The first-order valence-electron chi connectivity index (χ1n) is 5.79. The number of hydrogen-bond acceptors (Lipinski definition) is 3.